The quantitative estimate of drug-likeness (QED) is 0.896. The largest absolute Gasteiger partial charge is 0.326 e. The summed E-state index contributed by atoms with van der Waals surface area (Å²) >= 11 is 0. The van der Waals surface area contributed by atoms with Gasteiger partial charge >= 0.3 is 0 Å². The Morgan fingerprint density at radius 1 is 1.13 bits per heavy atom. The van der Waals surface area contributed by atoms with E-state index in [4.69, 9.17) is 0 Å². The molecule has 1 aliphatic rings. The molecule has 6 heteroatoms. The fourth-order valence-corrected chi connectivity index (χ4v) is 4.68. The normalized spacial score (nSPS) is 17.4. The lowest BCUT2D eigenvalue weighted by atomic mass is 10.1. The zero-order valence-electron chi connectivity index (χ0n) is 14.0. The summed E-state index contributed by atoms with van der Waals surface area (Å²) in [6.45, 7) is 8.20. The number of benzene rings is 1. The number of carbonyl (C=O) groups excluding carboxylic acids is 1. The van der Waals surface area contributed by atoms with Gasteiger partial charge in [0.15, 0.2) is 9.84 Å². The van der Waals surface area contributed by atoms with E-state index < -0.39 is 9.84 Å². The molecule has 23 heavy (non-hydrogen) atoms. The molecule has 0 bridgehead atoms. The molecular weight excluding hydrogens is 312 g/mol. The second kappa shape index (κ2) is 7.45. The lowest BCUT2D eigenvalue weighted by Crippen LogP contribution is -2.40. The number of nitrogens with zero attached hydrogens (tertiary/aromatic N) is 1. The van der Waals surface area contributed by atoms with Gasteiger partial charge in [0.25, 0.3) is 0 Å². The minimum absolute atomic E-state index is 0.170. The maximum absolute atomic E-state index is 12.7. The van der Waals surface area contributed by atoms with Crippen molar-refractivity contribution < 1.29 is 13.2 Å². The fourth-order valence-electron chi connectivity index (χ4n) is 2.95. The number of piperidine rings is 1. The molecule has 1 aromatic carbocycles. The van der Waals surface area contributed by atoms with Crippen molar-refractivity contribution in [1.29, 1.82) is 0 Å². The number of amides is 1. The lowest BCUT2D eigenvalue weighted by molar-refractivity contribution is -0.114. The minimum Gasteiger partial charge on any atom is -0.326 e. The number of anilines is 1. The van der Waals surface area contributed by atoms with Gasteiger partial charge in [0.2, 0.25) is 5.91 Å². The highest BCUT2D eigenvalue weighted by atomic mass is 32.2. The fraction of sp³-hybridized carbons (Fsp3) is 0.529. The molecule has 0 saturated carbocycles. The molecule has 1 aromatic rings. The van der Waals surface area contributed by atoms with Crippen LogP contribution in [0.1, 0.15) is 33.6 Å². The van der Waals surface area contributed by atoms with E-state index in [1.54, 1.807) is 24.3 Å². The van der Waals surface area contributed by atoms with Gasteiger partial charge < -0.3 is 10.2 Å². The van der Waals surface area contributed by atoms with Crippen molar-refractivity contribution in [2.45, 2.75) is 43.8 Å². The van der Waals surface area contributed by atoms with Crippen LogP contribution in [0, 0.1) is 5.92 Å². The SMILES string of the molecule is C[C](C)CN1CCC(S(=O)(=O)c2ccc(NC(C)=O)cc2)CC1. The molecule has 1 saturated heterocycles. The van der Waals surface area contributed by atoms with E-state index in [1.807, 2.05) is 0 Å². The number of hydrogen-bond donors (Lipinski definition) is 1. The van der Waals surface area contributed by atoms with Gasteiger partial charge in [-0.15, -0.1) is 0 Å². The molecule has 127 valence electrons. The van der Waals surface area contributed by atoms with Gasteiger partial charge in [-0.2, -0.15) is 0 Å². The van der Waals surface area contributed by atoms with Crippen molar-refractivity contribution in [3.05, 3.63) is 30.2 Å². The highest BCUT2D eigenvalue weighted by molar-refractivity contribution is 7.92. The van der Waals surface area contributed by atoms with Crippen LogP contribution >= 0.6 is 0 Å². The van der Waals surface area contributed by atoms with E-state index in [0.29, 0.717) is 23.4 Å². The summed E-state index contributed by atoms with van der Waals surface area (Å²) in [5.74, 6) is 1.18. The van der Waals surface area contributed by atoms with E-state index in [-0.39, 0.29) is 11.2 Å². The molecule has 1 fully saturated rings. The summed E-state index contributed by atoms with van der Waals surface area (Å²) in [5.41, 5.74) is 0.611. The Morgan fingerprint density at radius 2 is 1.70 bits per heavy atom. The topological polar surface area (TPSA) is 66.5 Å². The molecule has 0 atom stereocenters. The van der Waals surface area contributed by atoms with Gasteiger partial charge in [-0.05, 0) is 56.1 Å². The average Bonchev–Trinajstić information content (AvgIpc) is 2.47. The Labute approximate surface area is 139 Å². The van der Waals surface area contributed by atoms with E-state index in [2.05, 4.69) is 24.1 Å². The lowest BCUT2D eigenvalue weighted by Gasteiger charge is -2.32. The third kappa shape index (κ3) is 4.78. The van der Waals surface area contributed by atoms with E-state index >= 15 is 0 Å². The Kier molecular flexibility index (Phi) is 5.81. The molecule has 0 unspecified atom stereocenters. The van der Waals surface area contributed by atoms with Gasteiger partial charge in [-0.1, -0.05) is 13.8 Å². The van der Waals surface area contributed by atoms with Gasteiger partial charge in [0.1, 0.15) is 0 Å². The van der Waals surface area contributed by atoms with Gasteiger partial charge in [0, 0.05) is 19.2 Å². The number of likely N-dealkylation sites (tertiary alicyclic amines) is 1. The van der Waals surface area contributed by atoms with Crippen molar-refractivity contribution in [2.75, 3.05) is 25.0 Å². The molecule has 0 spiro atoms. The second-order valence-electron chi connectivity index (χ2n) is 6.43. The van der Waals surface area contributed by atoms with Crippen molar-refractivity contribution in [3.63, 3.8) is 0 Å². The molecule has 0 aromatic heterocycles. The molecule has 1 heterocycles. The molecule has 2 rings (SSSR count). The van der Waals surface area contributed by atoms with Crippen LogP contribution in [0.4, 0.5) is 5.69 Å². The summed E-state index contributed by atoms with van der Waals surface area (Å²) in [5, 5.41) is 2.33. The van der Waals surface area contributed by atoms with Gasteiger partial charge in [0.05, 0.1) is 10.1 Å². The number of rotatable bonds is 5. The van der Waals surface area contributed by atoms with Crippen LogP contribution in [0.25, 0.3) is 0 Å². The van der Waals surface area contributed by atoms with Gasteiger partial charge in [-0.25, -0.2) is 8.42 Å². The summed E-state index contributed by atoms with van der Waals surface area (Å²) in [6, 6.07) is 6.44. The summed E-state index contributed by atoms with van der Waals surface area (Å²) in [7, 11) is -3.31. The molecule has 1 amide bonds. The summed E-state index contributed by atoms with van der Waals surface area (Å²) in [6.07, 6.45) is 1.34. The molecular formula is C17H25N2O3S. The van der Waals surface area contributed by atoms with Crippen molar-refractivity contribution >= 4 is 21.4 Å². The monoisotopic (exact) mass is 337 g/mol. The van der Waals surface area contributed by atoms with E-state index in [1.165, 1.54) is 12.8 Å². The van der Waals surface area contributed by atoms with Crippen molar-refractivity contribution in [2.24, 2.45) is 0 Å². The van der Waals surface area contributed by atoms with Crippen molar-refractivity contribution in [1.82, 2.24) is 4.90 Å². The van der Waals surface area contributed by atoms with E-state index in [9.17, 15) is 13.2 Å². The van der Waals surface area contributed by atoms with Crippen LogP contribution in [0.5, 0.6) is 0 Å². The molecule has 1 N–H and O–H groups in total. The number of sulfone groups is 1. The average molecular weight is 337 g/mol. The van der Waals surface area contributed by atoms with Crippen LogP contribution in [-0.4, -0.2) is 44.1 Å². The highest BCUT2D eigenvalue weighted by Crippen LogP contribution is 2.26. The maximum Gasteiger partial charge on any atom is 0.221 e. The van der Waals surface area contributed by atoms with Crippen LogP contribution < -0.4 is 5.32 Å². The minimum atomic E-state index is -3.31. The third-order valence-electron chi connectivity index (χ3n) is 4.02. The first-order valence-corrected chi connectivity index (χ1v) is 9.46. The van der Waals surface area contributed by atoms with Crippen LogP contribution in [0.15, 0.2) is 29.2 Å². The second-order valence-corrected chi connectivity index (χ2v) is 8.66. The Hall–Kier alpha value is -1.40. The zero-order valence-corrected chi connectivity index (χ0v) is 14.8. The van der Waals surface area contributed by atoms with Crippen LogP contribution in [0.2, 0.25) is 0 Å². The third-order valence-corrected chi connectivity index (χ3v) is 6.29. The summed E-state index contributed by atoms with van der Waals surface area (Å²) in [4.78, 5) is 13.7. The Balaban J connectivity index is 2.03. The Morgan fingerprint density at radius 3 is 2.17 bits per heavy atom. The zero-order chi connectivity index (χ0) is 17.0. The van der Waals surface area contributed by atoms with Crippen molar-refractivity contribution in [3.8, 4) is 0 Å². The van der Waals surface area contributed by atoms with Crippen LogP contribution in [0.3, 0.4) is 0 Å². The predicted octanol–water partition coefficient (Wildman–Crippen LogP) is 2.50. The van der Waals surface area contributed by atoms with Crippen LogP contribution in [-0.2, 0) is 14.6 Å². The number of carbonyl (C=O) groups is 1. The standard InChI is InChI=1S/C17H25N2O3S/c1-13(2)12-19-10-8-17(9-11-19)23(21,22)16-6-4-15(5-7-16)18-14(3)20/h4-7,17H,8-12H2,1-3H3,(H,18,20). The highest BCUT2D eigenvalue weighted by Gasteiger charge is 2.31. The maximum atomic E-state index is 12.7. The first-order valence-electron chi connectivity index (χ1n) is 7.92. The Bertz CT molecular complexity index is 630. The first kappa shape index (κ1) is 17.9. The smallest absolute Gasteiger partial charge is 0.221 e. The molecule has 1 radical (unpaired) electrons. The predicted molar refractivity (Wildman–Crippen MR) is 92.0 cm³/mol. The van der Waals surface area contributed by atoms with E-state index in [0.717, 1.165) is 19.6 Å². The summed E-state index contributed by atoms with van der Waals surface area (Å²) < 4.78 is 25.5. The molecule has 5 nitrogen and oxygen atoms in total. The van der Waals surface area contributed by atoms with Gasteiger partial charge in [-0.3, -0.25) is 4.79 Å². The molecule has 0 aliphatic carbocycles. The molecule has 1 aliphatic heterocycles. The first-order chi connectivity index (χ1) is 10.8. The number of hydrogen-bond acceptors (Lipinski definition) is 4. The number of nitrogens with one attached hydrogen (secondary N) is 1.